The van der Waals surface area contributed by atoms with Gasteiger partial charge in [0.25, 0.3) is 5.56 Å². The molecule has 0 bridgehead atoms. The van der Waals surface area contributed by atoms with Crippen LogP contribution in [0.1, 0.15) is 12.7 Å². The Bertz CT molecular complexity index is 1390. The molecule has 0 fully saturated rings. The number of rotatable bonds is 7. The zero-order valence-electron chi connectivity index (χ0n) is 17.5. The summed E-state index contributed by atoms with van der Waals surface area (Å²) in [4.78, 5) is 41.5. The average molecular weight is 483 g/mol. The Morgan fingerprint density at radius 1 is 1.09 bits per heavy atom. The fourth-order valence-corrected chi connectivity index (χ4v) is 4.15. The number of amides is 2. The second-order valence-electron chi connectivity index (χ2n) is 7.13. The van der Waals surface area contributed by atoms with Crippen LogP contribution < -0.4 is 16.2 Å². The SMILES string of the molecule is CC(=O)Nc1cccc(NC(=O)CSc2nc3cc(Cl)ccc3c(=O)n2Cc2ccco2)c1. The zero-order chi connectivity index (χ0) is 23.4. The molecular formula is C23H19ClN4O4S. The largest absolute Gasteiger partial charge is 0.467 e. The van der Waals surface area contributed by atoms with Crippen LogP contribution in [0.15, 0.2) is 75.2 Å². The van der Waals surface area contributed by atoms with Crippen LogP contribution in [0.25, 0.3) is 10.9 Å². The molecule has 8 nitrogen and oxygen atoms in total. The topological polar surface area (TPSA) is 106 Å². The van der Waals surface area contributed by atoms with Crippen LogP contribution in [0.5, 0.6) is 0 Å². The van der Waals surface area contributed by atoms with Crippen molar-refractivity contribution in [2.24, 2.45) is 0 Å². The number of furan rings is 1. The number of nitrogens with zero attached hydrogens (tertiary/aromatic N) is 2. The molecule has 0 aliphatic rings. The molecule has 33 heavy (non-hydrogen) atoms. The zero-order valence-corrected chi connectivity index (χ0v) is 19.1. The van der Waals surface area contributed by atoms with E-state index in [-0.39, 0.29) is 29.7 Å². The number of thioether (sulfide) groups is 1. The Morgan fingerprint density at radius 2 is 1.88 bits per heavy atom. The van der Waals surface area contributed by atoms with E-state index in [4.69, 9.17) is 16.0 Å². The highest BCUT2D eigenvalue weighted by atomic mass is 35.5. The molecule has 2 amide bonds. The highest BCUT2D eigenvalue weighted by molar-refractivity contribution is 7.99. The van der Waals surface area contributed by atoms with Crippen molar-refractivity contribution >= 4 is 57.5 Å². The number of halogens is 1. The molecule has 0 spiro atoms. The van der Waals surface area contributed by atoms with Gasteiger partial charge in [-0.2, -0.15) is 0 Å². The molecular weight excluding hydrogens is 464 g/mol. The van der Waals surface area contributed by atoms with Gasteiger partial charge in [0.05, 0.1) is 29.5 Å². The Balaban J connectivity index is 1.56. The van der Waals surface area contributed by atoms with Gasteiger partial charge in [-0.3, -0.25) is 19.0 Å². The van der Waals surface area contributed by atoms with Crippen LogP contribution in [0.3, 0.4) is 0 Å². The summed E-state index contributed by atoms with van der Waals surface area (Å²) in [6.45, 7) is 1.59. The molecule has 2 N–H and O–H groups in total. The standard InChI is InChI=1S/C23H19ClN4O4S/c1-14(29)25-16-4-2-5-17(11-16)26-21(30)13-33-23-27-20-10-15(24)7-8-19(20)22(31)28(23)12-18-6-3-9-32-18/h2-11H,12-13H2,1H3,(H,25,29)(H,26,30). The molecule has 0 unspecified atom stereocenters. The van der Waals surface area contributed by atoms with Crippen LogP contribution in [0.4, 0.5) is 11.4 Å². The monoisotopic (exact) mass is 482 g/mol. The van der Waals surface area contributed by atoms with Crippen LogP contribution in [-0.2, 0) is 16.1 Å². The Labute approximate surface area is 198 Å². The van der Waals surface area contributed by atoms with Gasteiger partial charge in [0.2, 0.25) is 11.8 Å². The number of carbonyl (C=O) groups excluding carboxylic acids is 2. The van der Waals surface area contributed by atoms with Gasteiger partial charge in [-0.25, -0.2) is 4.98 Å². The molecule has 4 aromatic rings. The van der Waals surface area contributed by atoms with E-state index in [1.807, 2.05) is 0 Å². The van der Waals surface area contributed by atoms with E-state index in [1.165, 1.54) is 17.8 Å². The number of anilines is 2. The number of hydrogen-bond donors (Lipinski definition) is 2. The number of hydrogen-bond acceptors (Lipinski definition) is 6. The summed E-state index contributed by atoms with van der Waals surface area (Å²) < 4.78 is 6.87. The predicted octanol–water partition coefficient (Wildman–Crippen LogP) is 4.38. The van der Waals surface area contributed by atoms with Crippen molar-refractivity contribution in [3.8, 4) is 0 Å². The minimum Gasteiger partial charge on any atom is -0.467 e. The normalized spacial score (nSPS) is 10.8. The molecule has 2 heterocycles. The first-order chi connectivity index (χ1) is 15.9. The number of fused-ring (bicyclic) bond motifs is 1. The van der Waals surface area contributed by atoms with E-state index in [0.29, 0.717) is 38.2 Å². The first kappa shape index (κ1) is 22.6. The van der Waals surface area contributed by atoms with Gasteiger partial charge >= 0.3 is 0 Å². The summed E-state index contributed by atoms with van der Waals surface area (Å²) in [5.41, 5.74) is 1.32. The minimum absolute atomic E-state index is 0.0149. The Morgan fingerprint density at radius 3 is 2.61 bits per heavy atom. The molecule has 0 atom stereocenters. The lowest BCUT2D eigenvalue weighted by Crippen LogP contribution is -2.24. The first-order valence-electron chi connectivity index (χ1n) is 9.92. The maximum Gasteiger partial charge on any atom is 0.262 e. The molecule has 168 valence electrons. The third-order valence-corrected chi connectivity index (χ3v) is 5.79. The van der Waals surface area contributed by atoms with Crippen LogP contribution in [0, 0.1) is 0 Å². The second-order valence-corrected chi connectivity index (χ2v) is 8.50. The fraction of sp³-hybridized carbons (Fsp3) is 0.130. The minimum atomic E-state index is -0.287. The van der Waals surface area contributed by atoms with Crippen molar-refractivity contribution in [3.63, 3.8) is 0 Å². The lowest BCUT2D eigenvalue weighted by atomic mass is 10.2. The molecule has 0 saturated carbocycles. The van der Waals surface area contributed by atoms with Gasteiger partial charge in [0.1, 0.15) is 5.76 Å². The first-order valence-corrected chi connectivity index (χ1v) is 11.3. The van der Waals surface area contributed by atoms with Crippen molar-refractivity contribution in [1.29, 1.82) is 0 Å². The molecule has 0 aliphatic carbocycles. The molecule has 0 aliphatic heterocycles. The van der Waals surface area contributed by atoms with E-state index in [0.717, 1.165) is 11.8 Å². The maximum atomic E-state index is 13.1. The quantitative estimate of drug-likeness (QED) is 0.299. The van der Waals surface area contributed by atoms with Crippen LogP contribution in [-0.4, -0.2) is 27.1 Å². The summed E-state index contributed by atoms with van der Waals surface area (Å²) >= 11 is 7.21. The molecule has 0 radical (unpaired) electrons. The highest BCUT2D eigenvalue weighted by Gasteiger charge is 2.15. The smallest absolute Gasteiger partial charge is 0.262 e. The van der Waals surface area contributed by atoms with Gasteiger partial charge in [-0.15, -0.1) is 0 Å². The third-order valence-electron chi connectivity index (χ3n) is 4.58. The van der Waals surface area contributed by atoms with Gasteiger partial charge < -0.3 is 15.1 Å². The van der Waals surface area contributed by atoms with Gasteiger partial charge in [-0.05, 0) is 48.5 Å². The summed E-state index contributed by atoms with van der Waals surface area (Å²) in [6, 6.07) is 15.2. The van der Waals surface area contributed by atoms with Gasteiger partial charge in [0, 0.05) is 23.3 Å². The average Bonchev–Trinajstić information content (AvgIpc) is 3.27. The molecule has 2 aromatic heterocycles. The van der Waals surface area contributed by atoms with Crippen LogP contribution in [0.2, 0.25) is 5.02 Å². The predicted molar refractivity (Wildman–Crippen MR) is 129 cm³/mol. The van der Waals surface area contributed by atoms with Gasteiger partial charge in [-0.1, -0.05) is 29.4 Å². The molecule has 4 rings (SSSR count). The van der Waals surface area contributed by atoms with Crippen molar-refractivity contribution in [2.45, 2.75) is 18.6 Å². The number of benzene rings is 2. The third kappa shape index (κ3) is 5.63. The van der Waals surface area contributed by atoms with Crippen molar-refractivity contribution in [2.75, 3.05) is 16.4 Å². The summed E-state index contributed by atoms with van der Waals surface area (Å²) in [6.07, 6.45) is 1.53. The van der Waals surface area contributed by atoms with Crippen molar-refractivity contribution in [1.82, 2.24) is 9.55 Å². The lowest BCUT2D eigenvalue weighted by Gasteiger charge is -2.12. The summed E-state index contributed by atoms with van der Waals surface area (Å²) in [5, 5.41) is 6.71. The van der Waals surface area contributed by atoms with E-state index >= 15 is 0 Å². The molecule has 0 saturated heterocycles. The van der Waals surface area contributed by atoms with E-state index in [1.54, 1.807) is 54.6 Å². The molecule has 2 aromatic carbocycles. The van der Waals surface area contributed by atoms with Crippen molar-refractivity contribution < 1.29 is 14.0 Å². The number of nitrogens with one attached hydrogen (secondary N) is 2. The molecule has 10 heteroatoms. The number of carbonyl (C=O) groups is 2. The summed E-state index contributed by atoms with van der Waals surface area (Å²) in [7, 11) is 0. The van der Waals surface area contributed by atoms with Crippen molar-refractivity contribution in [3.05, 3.63) is 82.0 Å². The van der Waals surface area contributed by atoms with E-state index < -0.39 is 0 Å². The lowest BCUT2D eigenvalue weighted by molar-refractivity contribution is -0.114. The number of aromatic nitrogens is 2. The fourth-order valence-electron chi connectivity index (χ4n) is 3.19. The summed E-state index contributed by atoms with van der Waals surface area (Å²) in [5.74, 6) is 0.116. The highest BCUT2D eigenvalue weighted by Crippen LogP contribution is 2.22. The van der Waals surface area contributed by atoms with Crippen LogP contribution >= 0.6 is 23.4 Å². The second kappa shape index (κ2) is 9.93. The van der Waals surface area contributed by atoms with Gasteiger partial charge in [0.15, 0.2) is 5.16 Å². The Kier molecular flexibility index (Phi) is 6.81. The Hall–Kier alpha value is -3.56. The maximum absolute atomic E-state index is 13.1. The van der Waals surface area contributed by atoms with E-state index in [2.05, 4.69) is 15.6 Å². The van der Waals surface area contributed by atoms with E-state index in [9.17, 15) is 14.4 Å².